The molecular formula is C14H16Cl2N2O3. The van der Waals surface area contributed by atoms with Crippen LogP contribution in [0.3, 0.4) is 0 Å². The maximum Gasteiger partial charge on any atom is 0.337 e. The average Bonchev–Trinajstić information content (AvgIpc) is 2.35. The summed E-state index contributed by atoms with van der Waals surface area (Å²) in [6.45, 7) is 0.652. The quantitative estimate of drug-likeness (QED) is 0.877. The standard InChI is InChI=1S/C14H16Cl2N2O3/c1-18(7-8-3-2-4-8)14(21)17-12-10(13(19)20)5-9(15)6-11(12)16/h5-6,8H,2-4,7H2,1H3,(H,17,21)(H,19,20). The van der Waals surface area contributed by atoms with Gasteiger partial charge in [-0.05, 0) is 30.9 Å². The largest absolute Gasteiger partial charge is 0.478 e. The minimum atomic E-state index is -1.20. The Morgan fingerprint density at radius 3 is 2.57 bits per heavy atom. The summed E-state index contributed by atoms with van der Waals surface area (Å²) >= 11 is 11.8. The van der Waals surface area contributed by atoms with E-state index in [1.807, 2.05) is 0 Å². The summed E-state index contributed by atoms with van der Waals surface area (Å²) in [6, 6.07) is 2.28. The van der Waals surface area contributed by atoms with Crippen molar-refractivity contribution in [3.8, 4) is 0 Å². The summed E-state index contributed by atoms with van der Waals surface area (Å²) < 4.78 is 0. The SMILES string of the molecule is CN(CC1CCC1)C(=O)Nc1c(Cl)cc(Cl)cc1C(=O)O. The molecule has 2 rings (SSSR count). The molecule has 0 atom stereocenters. The van der Waals surface area contributed by atoms with Gasteiger partial charge < -0.3 is 15.3 Å². The highest BCUT2D eigenvalue weighted by Crippen LogP contribution is 2.31. The van der Waals surface area contributed by atoms with Gasteiger partial charge in [-0.1, -0.05) is 29.6 Å². The molecule has 0 radical (unpaired) electrons. The summed E-state index contributed by atoms with van der Waals surface area (Å²) in [7, 11) is 1.68. The summed E-state index contributed by atoms with van der Waals surface area (Å²) in [6.07, 6.45) is 3.45. The Labute approximate surface area is 132 Å². The number of anilines is 1. The third-order valence-electron chi connectivity index (χ3n) is 3.62. The molecule has 7 heteroatoms. The molecule has 0 unspecified atom stereocenters. The maximum absolute atomic E-state index is 12.1. The minimum Gasteiger partial charge on any atom is -0.478 e. The van der Waals surface area contributed by atoms with Gasteiger partial charge in [0.05, 0.1) is 16.3 Å². The van der Waals surface area contributed by atoms with Crippen molar-refractivity contribution in [3.05, 3.63) is 27.7 Å². The molecule has 1 aliphatic carbocycles. The molecule has 0 bridgehead atoms. The second-order valence-corrected chi connectivity index (χ2v) is 6.07. The maximum atomic E-state index is 12.1. The van der Waals surface area contributed by atoms with Crippen LogP contribution in [0.15, 0.2) is 12.1 Å². The summed E-state index contributed by atoms with van der Waals surface area (Å²) in [5.74, 6) is -0.670. The topological polar surface area (TPSA) is 69.6 Å². The molecule has 114 valence electrons. The summed E-state index contributed by atoms with van der Waals surface area (Å²) in [5, 5.41) is 12.0. The van der Waals surface area contributed by atoms with Crippen LogP contribution in [-0.4, -0.2) is 35.6 Å². The van der Waals surface area contributed by atoms with Crippen LogP contribution in [0, 0.1) is 5.92 Å². The van der Waals surface area contributed by atoms with Gasteiger partial charge in [0, 0.05) is 18.6 Å². The van der Waals surface area contributed by atoms with Crippen molar-refractivity contribution in [1.29, 1.82) is 0 Å². The predicted molar refractivity (Wildman–Crippen MR) is 82.4 cm³/mol. The van der Waals surface area contributed by atoms with E-state index in [0.717, 1.165) is 12.8 Å². The van der Waals surface area contributed by atoms with Crippen LogP contribution >= 0.6 is 23.2 Å². The van der Waals surface area contributed by atoms with Crippen molar-refractivity contribution in [2.45, 2.75) is 19.3 Å². The highest BCUT2D eigenvalue weighted by Gasteiger charge is 2.23. The lowest BCUT2D eigenvalue weighted by molar-refractivity contribution is 0.0698. The van der Waals surface area contributed by atoms with Gasteiger partial charge >= 0.3 is 12.0 Å². The van der Waals surface area contributed by atoms with Gasteiger partial charge in [0.25, 0.3) is 0 Å². The molecule has 1 fully saturated rings. The average molecular weight is 331 g/mol. The first-order valence-electron chi connectivity index (χ1n) is 6.63. The van der Waals surface area contributed by atoms with Gasteiger partial charge in [0.15, 0.2) is 0 Å². The molecular weight excluding hydrogens is 315 g/mol. The number of hydrogen-bond acceptors (Lipinski definition) is 2. The van der Waals surface area contributed by atoms with E-state index < -0.39 is 5.97 Å². The fourth-order valence-corrected chi connectivity index (χ4v) is 2.76. The molecule has 5 nitrogen and oxygen atoms in total. The van der Waals surface area contributed by atoms with Crippen LogP contribution in [0.2, 0.25) is 10.0 Å². The third kappa shape index (κ3) is 3.80. The van der Waals surface area contributed by atoms with E-state index in [2.05, 4.69) is 5.32 Å². The first-order valence-corrected chi connectivity index (χ1v) is 7.38. The molecule has 0 saturated heterocycles. The highest BCUT2D eigenvalue weighted by atomic mass is 35.5. The van der Waals surface area contributed by atoms with Gasteiger partial charge in [-0.2, -0.15) is 0 Å². The van der Waals surface area contributed by atoms with Crippen molar-refractivity contribution < 1.29 is 14.7 Å². The zero-order chi connectivity index (χ0) is 15.6. The Balaban J connectivity index is 2.14. The Hall–Kier alpha value is -1.46. The molecule has 0 aliphatic heterocycles. The van der Waals surface area contributed by atoms with Crippen molar-refractivity contribution in [3.63, 3.8) is 0 Å². The van der Waals surface area contributed by atoms with Crippen LogP contribution < -0.4 is 5.32 Å². The summed E-state index contributed by atoms with van der Waals surface area (Å²) in [5.41, 5.74) is -0.0584. The fourth-order valence-electron chi connectivity index (χ4n) is 2.22. The van der Waals surface area contributed by atoms with Crippen molar-refractivity contribution >= 4 is 40.9 Å². The first-order chi connectivity index (χ1) is 9.88. The third-order valence-corrected chi connectivity index (χ3v) is 4.14. The number of rotatable bonds is 4. The Bertz CT molecular complexity index is 574. The monoisotopic (exact) mass is 330 g/mol. The van der Waals surface area contributed by atoms with E-state index in [-0.39, 0.29) is 27.3 Å². The lowest BCUT2D eigenvalue weighted by Crippen LogP contribution is -2.37. The normalized spacial score (nSPS) is 14.4. The van der Waals surface area contributed by atoms with E-state index >= 15 is 0 Å². The number of nitrogens with one attached hydrogen (secondary N) is 1. The number of aromatic carboxylic acids is 1. The number of urea groups is 1. The van der Waals surface area contributed by atoms with Gasteiger partial charge in [-0.15, -0.1) is 0 Å². The van der Waals surface area contributed by atoms with E-state index in [1.165, 1.54) is 18.6 Å². The van der Waals surface area contributed by atoms with Crippen molar-refractivity contribution in [1.82, 2.24) is 4.90 Å². The Kier molecular flexibility index (Phi) is 4.96. The van der Waals surface area contributed by atoms with Crippen LogP contribution in [-0.2, 0) is 0 Å². The van der Waals surface area contributed by atoms with Crippen LogP contribution in [0.25, 0.3) is 0 Å². The number of carboxylic acids is 1. The minimum absolute atomic E-state index is 0.0685. The fraction of sp³-hybridized carbons (Fsp3) is 0.429. The lowest BCUT2D eigenvalue weighted by atomic mass is 9.85. The van der Waals surface area contributed by atoms with Crippen LogP contribution in [0.5, 0.6) is 0 Å². The van der Waals surface area contributed by atoms with Gasteiger partial charge in [0.2, 0.25) is 0 Å². The smallest absolute Gasteiger partial charge is 0.337 e. The number of amides is 2. The summed E-state index contributed by atoms with van der Waals surface area (Å²) in [4.78, 5) is 24.9. The Morgan fingerprint density at radius 2 is 2.05 bits per heavy atom. The van der Waals surface area contributed by atoms with Gasteiger partial charge in [-0.25, -0.2) is 9.59 Å². The zero-order valence-electron chi connectivity index (χ0n) is 11.5. The second-order valence-electron chi connectivity index (χ2n) is 5.22. The molecule has 2 amide bonds. The molecule has 1 aromatic carbocycles. The van der Waals surface area contributed by atoms with Gasteiger partial charge in [0.1, 0.15) is 0 Å². The molecule has 0 heterocycles. The molecule has 0 aromatic heterocycles. The molecule has 1 aliphatic rings. The van der Waals surface area contributed by atoms with Crippen molar-refractivity contribution in [2.75, 3.05) is 18.9 Å². The zero-order valence-corrected chi connectivity index (χ0v) is 13.0. The predicted octanol–water partition coefficient (Wildman–Crippen LogP) is 3.96. The van der Waals surface area contributed by atoms with Crippen LogP contribution in [0.1, 0.15) is 29.6 Å². The Morgan fingerprint density at radius 1 is 1.38 bits per heavy atom. The molecule has 0 spiro atoms. The number of nitrogens with zero attached hydrogens (tertiary/aromatic N) is 1. The van der Waals surface area contributed by atoms with E-state index in [0.29, 0.717) is 12.5 Å². The van der Waals surface area contributed by atoms with E-state index in [4.69, 9.17) is 23.2 Å². The number of hydrogen-bond donors (Lipinski definition) is 2. The van der Waals surface area contributed by atoms with Gasteiger partial charge in [-0.3, -0.25) is 0 Å². The van der Waals surface area contributed by atoms with Crippen LogP contribution in [0.4, 0.5) is 10.5 Å². The molecule has 1 aromatic rings. The molecule has 1 saturated carbocycles. The first kappa shape index (κ1) is 15.9. The molecule has 21 heavy (non-hydrogen) atoms. The number of carbonyl (C=O) groups excluding carboxylic acids is 1. The number of halogens is 2. The number of benzene rings is 1. The molecule has 2 N–H and O–H groups in total. The second kappa shape index (κ2) is 6.54. The highest BCUT2D eigenvalue weighted by molar-refractivity contribution is 6.37. The van der Waals surface area contributed by atoms with E-state index in [9.17, 15) is 14.7 Å². The number of carbonyl (C=O) groups is 2. The lowest BCUT2D eigenvalue weighted by Gasteiger charge is -2.30. The van der Waals surface area contributed by atoms with Crippen molar-refractivity contribution in [2.24, 2.45) is 5.92 Å². The van der Waals surface area contributed by atoms with E-state index in [1.54, 1.807) is 11.9 Å². The number of carboxylic acid groups (broad SMARTS) is 1.